The Balaban J connectivity index is 1.72. The standard InChI is InChI=1S/C28H27N3O2S/c1-3-22-23(4-2)34-24(19-20-11-7-5-8-12-20)25-26(28(32)30-15-17-33-18-16-30)29-31(27(22)25)21-13-9-6-10-14-21/h3-14,24H,1-2,15-19H2. The van der Waals surface area contributed by atoms with E-state index in [2.05, 4.69) is 37.4 Å². The first-order valence-electron chi connectivity index (χ1n) is 11.5. The highest BCUT2D eigenvalue weighted by Gasteiger charge is 2.37. The number of carbonyl (C=O) groups excluding carboxylic acids is 1. The number of amides is 1. The lowest BCUT2D eigenvalue weighted by Crippen LogP contribution is -2.41. The molecule has 3 heterocycles. The molecule has 0 radical (unpaired) electrons. The maximum absolute atomic E-state index is 13.8. The highest BCUT2D eigenvalue weighted by molar-refractivity contribution is 8.03. The maximum atomic E-state index is 13.8. The second-order valence-electron chi connectivity index (χ2n) is 8.25. The molecule has 1 fully saturated rings. The van der Waals surface area contributed by atoms with Crippen molar-refractivity contribution in [3.63, 3.8) is 0 Å². The first kappa shape index (κ1) is 22.4. The average Bonchev–Trinajstić information content (AvgIpc) is 3.30. The van der Waals surface area contributed by atoms with E-state index in [0.29, 0.717) is 32.0 Å². The van der Waals surface area contributed by atoms with E-state index in [0.717, 1.165) is 33.8 Å². The Morgan fingerprint density at radius 3 is 2.35 bits per heavy atom. The number of benzene rings is 2. The summed E-state index contributed by atoms with van der Waals surface area (Å²) < 4.78 is 7.38. The summed E-state index contributed by atoms with van der Waals surface area (Å²) in [5, 5.41) is 4.97. The van der Waals surface area contributed by atoms with Crippen molar-refractivity contribution in [3.8, 4) is 5.69 Å². The molecule has 2 aliphatic heterocycles. The second kappa shape index (κ2) is 9.87. The van der Waals surface area contributed by atoms with Crippen LogP contribution in [0.15, 0.2) is 90.9 Å². The number of nitrogens with zero attached hydrogens (tertiary/aromatic N) is 3. The van der Waals surface area contributed by atoms with E-state index in [-0.39, 0.29) is 11.2 Å². The lowest BCUT2D eigenvalue weighted by molar-refractivity contribution is 0.0298. The summed E-state index contributed by atoms with van der Waals surface area (Å²) in [6.07, 6.45) is 4.52. The molecule has 1 unspecified atom stereocenters. The summed E-state index contributed by atoms with van der Waals surface area (Å²) in [4.78, 5) is 16.7. The highest BCUT2D eigenvalue weighted by atomic mass is 32.2. The number of rotatable bonds is 6. The Kier molecular flexibility index (Phi) is 6.52. The molecule has 2 aliphatic rings. The van der Waals surface area contributed by atoms with Crippen LogP contribution < -0.4 is 0 Å². The maximum Gasteiger partial charge on any atom is 0.274 e. The predicted molar refractivity (Wildman–Crippen MR) is 138 cm³/mol. The molecule has 3 aromatic rings. The number of fused-ring (bicyclic) bond motifs is 1. The van der Waals surface area contributed by atoms with Crippen molar-refractivity contribution in [1.82, 2.24) is 14.7 Å². The van der Waals surface area contributed by atoms with E-state index in [1.54, 1.807) is 11.8 Å². The van der Waals surface area contributed by atoms with Gasteiger partial charge in [-0.1, -0.05) is 73.8 Å². The van der Waals surface area contributed by atoms with E-state index >= 15 is 0 Å². The van der Waals surface area contributed by atoms with Crippen molar-refractivity contribution < 1.29 is 9.53 Å². The Morgan fingerprint density at radius 1 is 1.03 bits per heavy atom. The van der Waals surface area contributed by atoms with Crippen LogP contribution in [0.4, 0.5) is 0 Å². The largest absolute Gasteiger partial charge is 0.378 e. The van der Waals surface area contributed by atoms with E-state index in [1.807, 2.05) is 58.1 Å². The zero-order valence-corrected chi connectivity index (χ0v) is 19.8. The van der Waals surface area contributed by atoms with Gasteiger partial charge in [-0.2, -0.15) is 5.10 Å². The van der Waals surface area contributed by atoms with Crippen LogP contribution in [0.2, 0.25) is 0 Å². The summed E-state index contributed by atoms with van der Waals surface area (Å²) in [6.45, 7) is 10.4. The minimum Gasteiger partial charge on any atom is -0.378 e. The summed E-state index contributed by atoms with van der Waals surface area (Å²) in [6, 6.07) is 20.4. The molecule has 0 spiro atoms. The van der Waals surface area contributed by atoms with Gasteiger partial charge in [0.1, 0.15) is 0 Å². The van der Waals surface area contributed by atoms with E-state index in [1.165, 1.54) is 5.56 Å². The zero-order valence-electron chi connectivity index (χ0n) is 19.0. The quantitative estimate of drug-likeness (QED) is 0.481. The normalized spacial score (nSPS) is 17.9. The average molecular weight is 470 g/mol. The van der Waals surface area contributed by atoms with Gasteiger partial charge in [-0.15, -0.1) is 11.8 Å². The molecular formula is C28H27N3O2S. The molecule has 0 aliphatic carbocycles. The number of para-hydroxylation sites is 1. The fourth-order valence-electron chi connectivity index (χ4n) is 4.54. The fraction of sp³-hybridized carbons (Fsp3) is 0.214. The number of allylic oxidation sites excluding steroid dienone is 3. The third kappa shape index (κ3) is 4.15. The molecule has 172 valence electrons. The number of morpholine rings is 1. The van der Waals surface area contributed by atoms with Gasteiger partial charge in [0.05, 0.1) is 24.6 Å². The smallest absolute Gasteiger partial charge is 0.274 e. The van der Waals surface area contributed by atoms with Gasteiger partial charge in [-0.05, 0) is 24.1 Å². The third-order valence-electron chi connectivity index (χ3n) is 6.19. The zero-order chi connectivity index (χ0) is 23.5. The van der Waals surface area contributed by atoms with Gasteiger partial charge in [0.25, 0.3) is 5.91 Å². The third-order valence-corrected chi connectivity index (χ3v) is 7.52. The highest BCUT2D eigenvalue weighted by Crippen LogP contribution is 2.50. The molecule has 6 heteroatoms. The summed E-state index contributed by atoms with van der Waals surface area (Å²) in [7, 11) is 0. The summed E-state index contributed by atoms with van der Waals surface area (Å²) in [5.41, 5.74) is 5.48. The van der Waals surface area contributed by atoms with Crippen LogP contribution in [-0.4, -0.2) is 46.9 Å². The molecule has 2 aromatic carbocycles. The van der Waals surface area contributed by atoms with Crippen molar-refractivity contribution in [2.75, 3.05) is 26.3 Å². The number of ether oxygens (including phenoxy) is 1. The summed E-state index contributed by atoms with van der Waals surface area (Å²) in [5.74, 6) is -0.0432. The van der Waals surface area contributed by atoms with Crippen molar-refractivity contribution in [2.45, 2.75) is 11.7 Å². The molecule has 1 atom stereocenters. The molecule has 1 saturated heterocycles. The van der Waals surface area contributed by atoms with Gasteiger partial charge >= 0.3 is 0 Å². The van der Waals surface area contributed by atoms with Crippen LogP contribution in [0.1, 0.15) is 32.6 Å². The topological polar surface area (TPSA) is 47.4 Å². The van der Waals surface area contributed by atoms with E-state index < -0.39 is 0 Å². The molecule has 0 bridgehead atoms. The lowest BCUT2D eigenvalue weighted by atomic mass is 9.96. The Labute approximate surface area is 204 Å². The molecule has 1 amide bonds. The van der Waals surface area contributed by atoms with E-state index in [9.17, 15) is 4.79 Å². The first-order chi connectivity index (χ1) is 16.7. The second-order valence-corrected chi connectivity index (χ2v) is 9.49. The van der Waals surface area contributed by atoms with E-state index in [4.69, 9.17) is 9.84 Å². The molecule has 0 N–H and O–H groups in total. The van der Waals surface area contributed by atoms with Crippen LogP contribution in [0, 0.1) is 0 Å². The Bertz CT molecular complexity index is 1240. The van der Waals surface area contributed by atoms with Gasteiger partial charge in [-0.3, -0.25) is 4.79 Å². The first-order valence-corrected chi connectivity index (χ1v) is 12.3. The Morgan fingerprint density at radius 2 is 1.71 bits per heavy atom. The van der Waals surface area contributed by atoms with Crippen molar-refractivity contribution >= 4 is 23.2 Å². The molecular weight excluding hydrogens is 442 g/mol. The van der Waals surface area contributed by atoms with Gasteiger partial charge in [0.15, 0.2) is 5.69 Å². The Hall–Kier alpha value is -3.35. The molecule has 5 nitrogen and oxygen atoms in total. The molecule has 34 heavy (non-hydrogen) atoms. The lowest BCUT2D eigenvalue weighted by Gasteiger charge is -2.29. The number of aromatic nitrogens is 2. The van der Waals surface area contributed by atoms with Gasteiger partial charge in [0, 0.05) is 34.4 Å². The number of hydrogen-bond acceptors (Lipinski definition) is 4. The predicted octanol–water partition coefficient (Wildman–Crippen LogP) is 5.46. The molecule has 1 aromatic heterocycles. The molecule has 0 saturated carbocycles. The molecule has 5 rings (SSSR count). The van der Waals surface area contributed by atoms with Gasteiger partial charge < -0.3 is 9.64 Å². The number of thioether (sulfide) groups is 1. The van der Waals surface area contributed by atoms with Crippen LogP contribution in [-0.2, 0) is 11.2 Å². The number of carbonyl (C=O) groups is 1. The minimum atomic E-state index is -0.0432. The van der Waals surface area contributed by atoms with Crippen LogP contribution in [0.5, 0.6) is 0 Å². The van der Waals surface area contributed by atoms with Crippen molar-refractivity contribution in [2.24, 2.45) is 0 Å². The van der Waals surface area contributed by atoms with Crippen LogP contribution >= 0.6 is 11.8 Å². The summed E-state index contributed by atoms with van der Waals surface area (Å²) >= 11 is 1.73. The van der Waals surface area contributed by atoms with Crippen molar-refractivity contribution in [3.05, 3.63) is 113 Å². The number of hydrogen-bond donors (Lipinski definition) is 0. The minimum absolute atomic E-state index is 0.0200. The fourth-order valence-corrected chi connectivity index (χ4v) is 5.87. The SMILES string of the molecule is C=CC1=C(C=C)c2c(c(C(=O)N3CCOCC3)nn2-c2ccccc2)C(Cc2ccccc2)S1. The van der Waals surface area contributed by atoms with Gasteiger partial charge in [0.2, 0.25) is 0 Å². The van der Waals surface area contributed by atoms with Crippen LogP contribution in [0.3, 0.4) is 0 Å². The van der Waals surface area contributed by atoms with Crippen LogP contribution in [0.25, 0.3) is 11.3 Å². The van der Waals surface area contributed by atoms with Gasteiger partial charge in [-0.25, -0.2) is 4.68 Å². The monoisotopic (exact) mass is 469 g/mol. The van der Waals surface area contributed by atoms with Crippen molar-refractivity contribution in [1.29, 1.82) is 0 Å².